The van der Waals surface area contributed by atoms with Crippen LogP contribution in [0.1, 0.15) is 138 Å². The summed E-state index contributed by atoms with van der Waals surface area (Å²) in [4.78, 5) is 129. The number of anilines is 5. The second kappa shape index (κ2) is 29.9. The summed E-state index contributed by atoms with van der Waals surface area (Å²) in [6.45, 7) is 12.9. The number of hydrogen-bond donors (Lipinski definition) is 8. The third kappa shape index (κ3) is 16.5. The number of thiazole rings is 1. The van der Waals surface area contributed by atoms with Crippen molar-refractivity contribution < 1.29 is 62.8 Å². The van der Waals surface area contributed by atoms with Crippen LogP contribution in [-0.2, 0) is 57.8 Å². The van der Waals surface area contributed by atoms with Gasteiger partial charge in [-0.2, -0.15) is 5.10 Å². The van der Waals surface area contributed by atoms with Gasteiger partial charge in [0.1, 0.15) is 31.1 Å². The minimum absolute atomic E-state index is 0.0115. The molecule has 8 amide bonds. The molecule has 6 atom stereocenters. The topological polar surface area (TPSA) is 378 Å². The molecule has 4 fully saturated rings. The zero-order chi connectivity index (χ0) is 71.3. The van der Waals surface area contributed by atoms with E-state index in [2.05, 4.69) is 50.6 Å². The number of nitrogens with zero attached hydrogens (tertiary/aromatic N) is 9. The smallest absolute Gasteiger partial charge is 0.410 e. The Hall–Kier alpha value is -9.90. The van der Waals surface area contributed by atoms with Crippen LogP contribution in [0.15, 0.2) is 79.0 Å². The molecular weight excluding hydrogens is 1300 g/mol. The first kappa shape index (κ1) is 71.4. The van der Waals surface area contributed by atoms with Gasteiger partial charge in [0.2, 0.25) is 17.7 Å². The molecule has 6 heterocycles. The molecule has 4 aromatic heterocycles. The molecule has 2 aliphatic heterocycles. The third-order valence-corrected chi connectivity index (χ3v) is 20.9. The van der Waals surface area contributed by atoms with Gasteiger partial charge < -0.3 is 56.9 Å². The molecular formula is C71H87N15O13S. The molecule has 2 unspecified atom stereocenters. The van der Waals surface area contributed by atoms with Crippen LogP contribution in [0.3, 0.4) is 0 Å². The highest BCUT2D eigenvalue weighted by molar-refractivity contribution is 7.22. The lowest BCUT2D eigenvalue weighted by Gasteiger charge is -2.70. The Morgan fingerprint density at radius 2 is 1.55 bits per heavy atom. The highest BCUT2D eigenvalue weighted by Gasteiger charge is 2.65. The molecule has 28 nitrogen and oxygen atoms in total. The zero-order valence-corrected chi connectivity index (χ0v) is 58.0. The first-order chi connectivity index (χ1) is 47.7. The largest absolute Gasteiger partial charge is 0.480 e. The fraction of sp³-hybridized carbons (Fsp3) is 0.493. The van der Waals surface area contributed by atoms with Gasteiger partial charge in [0, 0.05) is 78.4 Å². The fourth-order valence-electron chi connectivity index (χ4n) is 16.8. The number of carboxylic acids is 2. The summed E-state index contributed by atoms with van der Waals surface area (Å²) in [5.41, 5.74) is 10.7. The van der Waals surface area contributed by atoms with Crippen LogP contribution in [0.25, 0.3) is 21.3 Å². The third-order valence-electron chi connectivity index (χ3n) is 20.0. The maximum absolute atomic E-state index is 13.8. The number of hydrogen-bond acceptors (Lipinski definition) is 19. The number of pyridine rings is 1. The van der Waals surface area contributed by atoms with Gasteiger partial charge in [-0.15, -0.1) is 10.2 Å². The summed E-state index contributed by atoms with van der Waals surface area (Å²) in [5, 5.41) is 49.8. The number of urea groups is 1. The van der Waals surface area contributed by atoms with Crippen molar-refractivity contribution in [2.24, 2.45) is 33.3 Å². The van der Waals surface area contributed by atoms with Crippen molar-refractivity contribution in [3.8, 4) is 11.1 Å². The lowest BCUT2D eigenvalue weighted by atomic mass is 9.35. The molecule has 6 aromatic rings. The van der Waals surface area contributed by atoms with Crippen LogP contribution in [0.2, 0.25) is 0 Å². The molecule has 4 aliphatic carbocycles. The van der Waals surface area contributed by atoms with Crippen molar-refractivity contribution in [2.45, 2.75) is 150 Å². The maximum atomic E-state index is 13.8. The Balaban J connectivity index is 0.690. The molecule has 6 aliphatic rings. The van der Waals surface area contributed by atoms with Crippen molar-refractivity contribution in [2.75, 3.05) is 61.5 Å². The van der Waals surface area contributed by atoms with Crippen LogP contribution in [0, 0.1) is 41.4 Å². The van der Waals surface area contributed by atoms with E-state index in [1.807, 2.05) is 59.8 Å². The fourth-order valence-corrected chi connectivity index (χ4v) is 17.7. The number of amides is 8. The van der Waals surface area contributed by atoms with Crippen LogP contribution in [0.5, 0.6) is 0 Å². The second-order valence-electron chi connectivity index (χ2n) is 28.7. The van der Waals surface area contributed by atoms with Crippen LogP contribution >= 0.6 is 11.3 Å². The predicted molar refractivity (Wildman–Crippen MR) is 371 cm³/mol. The van der Waals surface area contributed by atoms with E-state index in [0.29, 0.717) is 59.3 Å². The summed E-state index contributed by atoms with van der Waals surface area (Å²) in [7, 11) is 0. The quantitative estimate of drug-likeness (QED) is 0.0149. The molecule has 100 heavy (non-hydrogen) atoms. The number of ether oxygens (including phenoxy) is 2. The standard InChI is InChI=1S/C71H87N15O13S/c1-42(2)58(79-54(87)24-30-98-31-29-85-55(88)22-23-56(85)89)63(93)76-51(14-9-26-73-65(72)96)62(92)75-46-18-16-45(17-19-46)34-99-67(97)83(33-57(90)91)27-11-25-70-36-68(5)35-69(6,37-70)39-71(38-68,40-70)41-86-44(4)49(32-74-86)48-20-21-53(78-59(48)64(94)95)84-28-10-12-47-43(3)60(81-82-61(47)84)80-66-77-50-13-7-8-15-52(50)100-66/h7-8,13,15-23,32,42,51,58H,9-12,14,24-31,33-41H2,1-6H3,(H,75,92)(H,76,93)(H,79,87)(H,90,91)(H,94,95)(H3,72,73,96)(H,77,80,81)/t51-,58-,68-,69+,70?,71?/m0/s1. The molecule has 12 rings (SSSR count). The van der Waals surface area contributed by atoms with Gasteiger partial charge in [-0.3, -0.25) is 43.2 Å². The Morgan fingerprint density at radius 1 is 0.820 bits per heavy atom. The summed E-state index contributed by atoms with van der Waals surface area (Å²) in [6, 6.07) is 15.1. The number of aromatic carboxylic acids is 1. The Labute approximate surface area is 582 Å². The number of nitrogens with one attached hydrogen (secondary N) is 5. The van der Waals surface area contributed by atoms with Crippen molar-refractivity contribution in [3.63, 3.8) is 0 Å². The Morgan fingerprint density at radius 3 is 2.25 bits per heavy atom. The van der Waals surface area contributed by atoms with Crippen molar-refractivity contribution in [1.29, 1.82) is 0 Å². The molecule has 0 radical (unpaired) electrons. The van der Waals surface area contributed by atoms with Crippen LogP contribution < -0.4 is 37.2 Å². The molecule has 4 bridgehead atoms. The molecule has 29 heteroatoms. The van der Waals surface area contributed by atoms with Crippen molar-refractivity contribution in [3.05, 3.63) is 107 Å². The first-order valence-electron chi connectivity index (χ1n) is 34.0. The molecule has 0 spiro atoms. The van der Waals surface area contributed by atoms with Crippen molar-refractivity contribution in [1.82, 2.24) is 55.7 Å². The van der Waals surface area contributed by atoms with Gasteiger partial charge in [-0.05, 0) is 160 Å². The summed E-state index contributed by atoms with van der Waals surface area (Å²) < 4.78 is 14.3. The number of aliphatic carboxylic acids is 1. The lowest BCUT2D eigenvalue weighted by molar-refractivity contribution is -0.198. The van der Waals surface area contributed by atoms with Gasteiger partial charge >= 0.3 is 24.1 Å². The number of benzene rings is 2. The Bertz CT molecular complexity index is 4100. The summed E-state index contributed by atoms with van der Waals surface area (Å²) >= 11 is 1.54. The summed E-state index contributed by atoms with van der Waals surface area (Å²) in [6.07, 6.45) is 12.4. The van der Waals surface area contributed by atoms with E-state index in [1.54, 1.807) is 44.3 Å². The first-order valence-corrected chi connectivity index (χ1v) is 34.8. The number of rotatable bonds is 31. The van der Waals surface area contributed by atoms with E-state index in [9.17, 15) is 53.4 Å². The van der Waals surface area contributed by atoms with Crippen LogP contribution in [-0.4, -0.2) is 162 Å². The minimum atomic E-state index is -1.18. The van der Waals surface area contributed by atoms with E-state index >= 15 is 0 Å². The number of primary amides is 1. The van der Waals surface area contributed by atoms with E-state index in [-0.39, 0.29) is 86.1 Å². The van der Waals surface area contributed by atoms with Gasteiger partial charge in [0.15, 0.2) is 22.5 Å². The molecule has 9 N–H and O–H groups in total. The number of nitrogens with two attached hydrogens (primary N) is 1. The lowest BCUT2D eigenvalue weighted by Crippen LogP contribution is -2.60. The van der Waals surface area contributed by atoms with E-state index < -0.39 is 78.1 Å². The predicted octanol–water partition coefficient (Wildman–Crippen LogP) is 8.70. The average Bonchev–Trinajstić information content (AvgIpc) is 0.850. The average molecular weight is 1390 g/mol. The number of para-hydroxylation sites is 1. The Kier molecular flexibility index (Phi) is 21.3. The van der Waals surface area contributed by atoms with Crippen LogP contribution in [0.4, 0.5) is 37.9 Å². The molecule has 0 saturated heterocycles. The monoisotopic (exact) mass is 1390 g/mol. The van der Waals surface area contributed by atoms with Crippen molar-refractivity contribution >= 4 is 103 Å². The van der Waals surface area contributed by atoms with E-state index in [1.165, 1.54) is 16.2 Å². The minimum Gasteiger partial charge on any atom is -0.480 e. The van der Waals surface area contributed by atoms with Gasteiger partial charge in [-0.1, -0.05) is 63.3 Å². The number of aromatic nitrogens is 6. The number of fused-ring (bicyclic) bond motifs is 2. The zero-order valence-electron chi connectivity index (χ0n) is 57.2. The normalized spacial score (nSPS) is 21.0. The SMILES string of the molecule is Cc1c(Nc2nc3ccccc3s2)nnc2c1CCCN2c1ccc(-c2cnn(CC34CC5(CCCN(CC(=O)O)C(=O)OCc6ccc(NC(=O)[C@H](CCCNC(N)=O)NC(=O)[C@@H](NC(=O)CCOCCN7C(=O)C=CC7=O)C(C)C)cc6)C[C@@](C)(C3)C[C@](C)(C5)C4)c2C)c(C(=O)O)n1. The maximum Gasteiger partial charge on any atom is 0.410 e. The molecule has 2 aromatic carbocycles. The van der Waals surface area contributed by atoms with Gasteiger partial charge in [0.25, 0.3) is 11.8 Å². The number of carbonyl (C=O) groups excluding carboxylic acids is 7. The summed E-state index contributed by atoms with van der Waals surface area (Å²) in [5.74, 6) is -3.66. The van der Waals surface area contributed by atoms with Gasteiger partial charge in [0.05, 0.1) is 36.2 Å². The second-order valence-corrected chi connectivity index (χ2v) is 29.7. The van der Waals surface area contributed by atoms with E-state index in [4.69, 9.17) is 30.3 Å². The molecule has 530 valence electrons. The van der Waals surface area contributed by atoms with Gasteiger partial charge in [-0.25, -0.2) is 24.4 Å². The number of carbonyl (C=O) groups is 9. The number of carboxylic acid groups (broad SMARTS) is 2. The molecule has 4 saturated carbocycles. The highest BCUT2D eigenvalue weighted by atomic mass is 32.1. The van der Waals surface area contributed by atoms with E-state index in [0.717, 1.165) is 107 Å². The highest BCUT2D eigenvalue weighted by Crippen LogP contribution is 2.75. The number of imide groups is 1.